The van der Waals surface area contributed by atoms with Gasteiger partial charge in [0.1, 0.15) is 0 Å². The average Bonchev–Trinajstić information content (AvgIpc) is 1.97. The smallest absolute Gasteiger partial charge is 0.225 e. The molecule has 48 valence electrons. The van der Waals surface area contributed by atoms with Crippen molar-refractivity contribution in [3.63, 3.8) is 0 Å². The van der Waals surface area contributed by atoms with E-state index in [0.29, 0.717) is 0 Å². The summed E-state index contributed by atoms with van der Waals surface area (Å²) in [5.41, 5.74) is 0. The molecule has 0 saturated carbocycles. The summed E-state index contributed by atoms with van der Waals surface area (Å²) in [7, 11) is 0. The van der Waals surface area contributed by atoms with Gasteiger partial charge < -0.3 is 0 Å². The van der Waals surface area contributed by atoms with Crippen LogP contribution < -0.4 is 0 Å². The predicted octanol–water partition coefficient (Wildman–Crippen LogP) is 2.12. The van der Waals surface area contributed by atoms with Crippen LogP contribution in [0.1, 0.15) is 2.74 Å². The van der Waals surface area contributed by atoms with E-state index in [0.717, 1.165) is 0 Å². The zero-order chi connectivity index (χ0) is 8.59. The van der Waals surface area contributed by atoms with Crippen molar-refractivity contribution in [1.29, 1.82) is 0 Å². The molecule has 0 unspecified atom stereocenters. The topological polar surface area (TPSA) is 12.9 Å². The van der Waals surface area contributed by atoms with Crippen LogP contribution >= 0.6 is 15.9 Å². The minimum Gasteiger partial charge on any atom is -0.225 e. The Morgan fingerprint density at radius 3 is 3.00 bits per heavy atom. The summed E-state index contributed by atoms with van der Waals surface area (Å²) in [6, 6.07) is -0.678. The Kier molecular flexibility index (Phi) is 1.15. The minimum atomic E-state index is -1.41. The van der Waals surface area contributed by atoms with Crippen LogP contribution in [0, 0.1) is 11.8 Å². The van der Waals surface area contributed by atoms with Gasteiger partial charge in [0.25, 0.3) is 0 Å². The highest BCUT2D eigenvalue weighted by Gasteiger charge is 2.00. The third kappa shape index (κ3) is 1.45. The quantitative estimate of drug-likeness (QED) is 0.579. The zero-order valence-corrected chi connectivity index (χ0v) is 5.67. The van der Waals surface area contributed by atoms with Gasteiger partial charge in [-0.2, -0.15) is 4.39 Å². The van der Waals surface area contributed by atoms with Crippen molar-refractivity contribution >= 4 is 15.9 Å². The molecule has 1 nitrogen and oxygen atoms in total. The molecule has 1 aromatic rings. The molecule has 1 heterocycles. The fourth-order valence-corrected chi connectivity index (χ4v) is 0.586. The van der Waals surface area contributed by atoms with Gasteiger partial charge in [0.05, 0.1) is 2.74 Å². The minimum absolute atomic E-state index is 0.142. The lowest BCUT2D eigenvalue weighted by Gasteiger charge is -1.89. The Balaban J connectivity index is 3.46. The van der Waals surface area contributed by atoms with Gasteiger partial charge in [-0.15, -0.1) is 0 Å². The van der Waals surface area contributed by atoms with Crippen molar-refractivity contribution < 1.29 is 11.5 Å². The molecule has 0 aromatic carbocycles. The van der Waals surface area contributed by atoms with Gasteiger partial charge in [-0.3, -0.25) is 0 Å². The number of hydrogen-bond donors (Lipinski definition) is 0. The predicted molar refractivity (Wildman–Crippen MR) is 31.9 cm³/mol. The molecule has 0 fully saturated rings. The molecule has 4 heteroatoms. The lowest BCUT2D eigenvalue weighted by atomic mass is 10.5. The van der Waals surface area contributed by atoms with E-state index >= 15 is 0 Å². The van der Waals surface area contributed by atoms with Crippen molar-refractivity contribution in [1.82, 2.24) is 4.98 Å². The first-order valence-corrected chi connectivity index (χ1v) is 2.81. The summed E-state index contributed by atoms with van der Waals surface area (Å²) < 4.78 is 38.4. The van der Waals surface area contributed by atoms with Gasteiger partial charge in [-0.1, -0.05) is 0 Å². The second-order valence-electron chi connectivity index (χ2n) is 1.27. The van der Waals surface area contributed by atoms with Crippen molar-refractivity contribution in [2.45, 2.75) is 0 Å². The van der Waals surface area contributed by atoms with Crippen LogP contribution in [0.4, 0.5) is 8.78 Å². The maximum atomic E-state index is 12.4. The first-order valence-electron chi connectivity index (χ1n) is 3.01. The Morgan fingerprint density at radius 2 is 2.33 bits per heavy atom. The summed E-state index contributed by atoms with van der Waals surface area (Å²) in [5.74, 6) is -2.75. The fraction of sp³-hybridized carbons (Fsp3) is 0. The highest BCUT2D eigenvalue weighted by Crippen LogP contribution is 2.10. The highest BCUT2D eigenvalue weighted by molar-refractivity contribution is 9.10. The lowest BCUT2D eigenvalue weighted by Crippen LogP contribution is -1.86. The Hall–Kier alpha value is -0.510. The second kappa shape index (κ2) is 2.39. The number of halogens is 3. The number of rotatable bonds is 0. The molecule has 0 aliphatic heterocycles. The summed E-state index contributed by atoms with van der Waals surface area (Å²) in [5, 5.41) is 0. The molecule has 0 aliphatic rings. The second-order valence-corrected chi connectivity index (χ2v) is 2.06. The molecule has 0 spiro atoms. The Morgan fingerprint density at radius 1 is 1.67 bits per heavy atom. The molecule has 0 N–H and O–H groups in total. The maximum Gasteiger partial charge on any atom is 0.248 e. The SMILES string of the molecule is [2H]c1nc(F)c(F)c([2H])c1Br. The van der Waals surface area contributed by atoms with Crippen LogP contribution in [-0.2, 0) is 0 Å². The van der Waals surface area contributed by atoms with Gasteiger partial charge >= 0.3 is 0 Å². The standard InChI is InChI=1S/C5H2BrF2N/c6-3-1-4(7)5(8)9-2-3/h1-2H/i1D,2D. The monoisotopic (exact) mass is 195 g/mol. The molecule has 0 atom stereocenters. The Bertz CT molecular complexity index is 279. The molecule has 0 bridgehead atoms. The molecular weight excluding hydrogens is 192 g/mol. The molecule has 1 aromatic heterocycles. The van der Waals surface area contributed by atoms with Crippen molar-refractivity contribution in [2.75, 3.05) is 0 Å². The van der Waals surface area contributed by atoms with Crippen LogP contribution in [-0.4, -0.2) is 4.98 Å². The van der Waals surface area contributed by atoms with E-state index in [9.17, 15) is 8.78 Å². The van der Waals surface area contributed by atoms with E-state index < -0.39 is 24.0 Å². The van der Waals surface area contributed by atoms with Gasteiger partial charge in [-0.05, 0) is 22.0 Å². The van der Waals surface area contributed by atoms with Crippen LogP contribution in [0.3, 0.4) is 0 Å². The highest BCUT2D eigenvalue weighted by atomic mass is 79.9. The van der Waals surface area contributed by atoms with Gasteiger partial charge in [0, 0.05) is 10.6 Å². The van der Waals surface area contributed by atoms with E-state index in [-0.39, 0.29) is 4.47 Å². The van der Waals surface area contributed by atoms with E-state index in [4.69, 9.17) is 2.74 Å². The summed E-state index contributed by atoms with van der Waals surface area (Å²) >= 11 is 2.72. The maximum absolute atomic E-state index is 12.4. The number of nitrogens with zero attached hydrogens (tertiary/aromatic N) is 1. The van der Waals surface area contributed by atoms with Gasteiger partial charge in [0.2, 0.25) is 5.95 Å². The van der Waals surface area contributed by atoms with E-state index in [2.05, 4.69) is 20.9 Å². The Labute approximate surface area is 61.7 Å². The number of hydrogen-bond acceptors (Lipinski definition) is 1. The molecule has 0 amide bonds. The van der Waals surface area contributed by atoms with Crippen LogP contribution in [0.2, 0.25) is 0 Å². The first kappa shape index (κ1) is 4.33. The molecule has 9 heavy (non-hydrogen) atoms. The summed E-state index contributed by atoms with van der Waals surface area (Å²) in [4.78, 5) is 2.89. The van der Waals surface area contributed by atoms with Gasteiger partial charge in [0.15, 0.2) is 5.82 Å². The number of pyridine rings is 1. The average molecular weight is 196 g/mol. The molecular formula is C5H2BrF2N. The lowest BCUT2D eigenvalue weighted by molar-refractivity contribution is 0.478. The normalized spacial score (nSPS) is 12.8. The third-order valence-corrected chi connectivity index (χ3v) is 1.03. The zero-order valence-electron chi connectivity index (χ0n) is 6.08. The fourth-order valence-electron chi connectivity index (χ4n) is 0.323. The van der Waals surface area contributed by atoms with E-state index in [1.54, 1.807) is 0 Å². The van der Waals surface area contributed by atoms with Crippen LogP contribution in [0.15, 0.2) is 16.7 Å². The van der Waals surface area contributed by atoms with Gasteiger partial charge in [-0.25, -0.2) is 9.37 Å². The van der Waals surface area contributed by atoms with Crippen LogP contribution in [0.5, 0.6) is 0 Å². The van der Waals surface area contributed by atoms with E-state index in [1.165, 1.54) is 0 Å². The number of aromatic nitrogens is 1. The van der Waals surface area contributed by atoms with Crippen molar-refractivity contribution in [2.24, 2.45) is 0 Å². The largest absolute Gasteiger partial charge is 0.248 e. The van der Waals surface area contributed by atoms with Crippen molar-refractivity contribution in [3.8, 4) is 0 Å². The molecule has 0 saturated heterocycles. The molecule has 0 radical (unpaired) electrons. The van der Waals surface area contributed by atoms with Crippen LogP contribution in [0.25, 0.3) is 0 Å². The third-order valence-electron chi connectivity index (χ3n) is 0.653. The summed E-state index contributed by atoms with van der Waals surface area (Å²) in [6.45, 7) is 0. The van der Waals surface area contributed by atoms with E-state index in [1.807, 2.05) is 0 Å². The summed E-state index contributed by atoms with van der Waals surface area (Å²) in [6.07, 6.45) is -0.478. The van der Waals surface area contributed by atoms with Crippen molar-refractivity contribution in [3.05, 3.63) is 28.5 Å². The molecule has 0 aliphatic carbocycles. The molecule has 1 rings (SSSR count). The first-order chi connectivity index (χ1) is 5.04.